The highest BCUT2D eigenvalue weighted by atomic mass is 16.6. The van der Waals surface area contributed by atoms with Gasteiger partial charge in [0.15, 0.2) is 5.65 Å². The van der Waals surface area contributed by atoms with E-state index < -0.39 is 16.5 Å². The molecule has 28 heavy (non-hydrogen) atoms. The highest BCUT2D eigenvalue weighted by Crippen LogP contribution is 2.23. The third kappa shape index (κ3) is 2.42. The summed E-state index contributed by atoms with van der Waals surface area (Å²) in [6, 6.07) is 7.55. The first-order valence-electron chi connectivity index (χ1n) is 8.16. The number of pyridine rings is 1. The summed E-state index contributed by atoms with van der Waals surface area (Å²) in [6.07, 6.45) is 2.76. The van der Waals surface area contributed by atoms with Crippen LogP contribution in [0.15, 0.2) is 47.5 Å². The number of para-hydroxylation sites is 2. The van der Waals surface area contributed by atoms with Crippen molar-refractivity contribution < 1.29 is 14.5 Å². The van der Waals surface area contributed by atoms with Crippen LogP contribution in [0.1, 0.15) is 16.1 Å². The number of nitrogens with zero attached hydrogens (tertiary/aromatic N) is 5. The van der Waals surface area contributed by atoms with Gasteiger partial charge >= 0.3 is 5.97 Å². The smallest absolute Gasteiger partial charge is 0.343 e. The average molecular weight is 379 g/mol. The number of carbonyl (C=O) groups excluding carboxylic acids is 1. The van der Waals surface area contributed by atoms with Crippen LogP contribution in [0.2, 0.25) is 0 Å². The molecule has 10 heteroatoms. The van der Waals surface area contributed by atoms with Crippen LogP contribution in [0.25, 0.3) is 22.2 Å². The number of hydrogen-bond donors (Lipinski definition) is 0. The van der Waals surface area contributed by atoms with Crippen LogP contribution in [0.4, 0.5) is 5.69 Å². The van der Waals surface area contributed by atoms with Gasteiger partial charge in [-0.15, -0.1) is 0 Å². The van der Waals surface area contributed by atoms with Gasteiger partial charge in [0, 0.05) is 18.5 Å². The SMILES string of the molecule is COC(=O)c1c(C)nn2c1ncc1c(=O)n(-c3ccccc3[N+](=O)[O-])ccc12. The maximum atomic E-state index is 13.0. The normalized spacial score (nSPS) is 11.1. The van der Waals surface area contributed by atoms with Gasteiger partial charge in [-0.1, -0.05) is 12.1 Å². The van der Waals surface area contributed by atoms with Gasteiger partial charge < -0.3 is 4.74 Å². The molecule has 0 aliphatic heterocycles. The van der Waals surface area contributed by atoms with E-state index in [0.29, 0.717) is 11.2 Å². The summed E-state index contributed by atoms with van der Waals surface area (Å²) >= 11 is 0. The van der Waals surface area contributed by atoms with E-state index in [4.69, 9.17) is 4.74 Å². The van der Waals surface area contributed by atoms with Crippen LogP contribution >= 0.6 is 0 Å². The van der Waals surface area contributed by atoms with Gasteiger partial charge in [-0.25, -0.2) is 14.3 Å². The summed E-state index contributed by atoms with van der Waals surface area (Å²) in [6.45, 7) is 1.64. The first kappa shape index (κ1) is 17.3. The molecule has 4 rings (SSSR count). The Bertz CT molecular complexity index is 1340. The van der Waals surface area contributed by atoms with Gasteiger partial charge in [0.2, 0.25) is 0 Å². The van der Waals surface area contributed by atoms with E-state index in [9.17, 15) is 19.7 Å². The molecule has 140 valence electrons. The lowest BCUT2D eigenvalue weighted by atomic mass is 10.2. The molecule has 0 N–H and O–H groups in total. The molecule has 0 saturated carbocycles. The number of esters is 1. The van der Waals surface area contributed by atoms with Crippen molar-refractivity contribution in [2.24, 2.45) is 0 Å². The maximum absolute atomic E-state index is 13.0. The van der Waals surface area contributed by atoms with Gasteiger partial charge in [0.05, 0.1) is 28.6 Å². The van der Waals surface area contributed by atoms with Crippen molar-refractivity contribution >= 4 is 28.2 Å². The molecule has 4 aromatic rings. The number of carbonyl (C=O) groups is 1. The van der Waals surface area contributed by atoms with Crippen LogP contribution < -0.4 is 5.56 Å². The van der Waals surface area contributed by atoms with E-state index in [1.165, 1.54) is 46.8 Å². The number of aromatic nitrogens is 4. The Morgan fingerprint density at radius 2 is 2.00 bits per heavy atom. The van der Waals surface area contributed by atoms with E-state index >= 15 is 0 Å². The van der Waals surface area contributed by atoms with E-state index in [1.54, 1.807) is 19.1 Å². The minimum absolute atomic E-state index is 0.145. The molecule has 3 aromatic heterocycles. The Morgan fingerprint density at radius 1 is 1.25 bits per heavy atom. The molecular formula is C18H13N5O5. The number of methoxy groups -OCH3 is 1. The summed E-state index contributed by atoms with van der Waals surface area (Å²) < 4.78 is 7.35. The van der Waals surface area contributed by atoms with Gasteiger partial charge in [0.25, 0.3) is 11.2 Å². The zero-order valence-corrected chi connectivity index (χ0v) is 14.8. The van der Waals surface area contributed by atoms with Gasteiger partial charge in [0.1, 0.15) is 11.3 Å². The van der Waals surface area contributed by atoms with Gasteiger partial charge in [-0.3, -0.25) is 19.5 Å². The molecule has 0 amide bonds. The van der Waals surface area contributed by atoms with Crippen LogP contribution in [-0.2, 0) is 4.74 Å². The summed E-state index contributed by atoms with van der Waals surface area (Å²) in [5.74, 6) is -0.576. The summed E-state index contributed by atoms with van der Waals surface area (Å²) in [7, 11) is 1.26. The summed E-state index contributed by atoms with van der Waals surface area (Å²) in [4.78, 5) is 40.0. The fourth-order valence-electron chi connectivity index (χ4n) is 3.13. The van der Waals surface area contributed by atoms with Crippen molar-refractivity contribution in [2.45, 2.75) is 6.92 Å². The number of ether oxygens (including phenoxy) is 1. The highest BCUT2D eigenvalue weighted by Gasteiger charge is 2.22. The molecule has 1 aromatic carbocycles. The van der Waals surface area contributed by atoms with Crippen molar-refractivity contribution in [1.82, 2.24) is 19.2 Å². The Kier molecular flexibility index (Phi) is 3.88. The Hall–Kier alpha value is -4.08. The van der Waals surface area contributed by atoms with Crippen LogP contribution in [0.3, 0.4) is 0 Å². The molecule has 0 fully saturated rings. The molecule has 0 atom stereocenters. The topological polar surface area (TPSA) is 122 Å². The first-order valence-corrected chi connectivity index (χ1v) is 8.16. The van der Waals surface area contributed by atoms with Crippen molar-refractivity contribution in [3.05, 3.63) is 74.5 Å². The minimum atomic E-state index is -0.576. The molecule has 10 nitrogen and oxygen atoms in total. The number of rotatable bonds is 3. The van der Waals surface area contributed by atoms with Gasteiger partial charge in [-0.05, 0) is 19.1 Å². The molecule has 0 bridgehead atoms. The number of nitro benzene ring substituents is 1. The second kappa shape index (κ2) is 6.27. The maximum Gasteiger partial charge on any atom is 0.343 e. The van der Waals surface area contributed by atoms with Crippen molar-refractivity contribution in [3.8, 4) is 5.69 Å². The lowest BCUT2D eigenvalue weighted by Crippen LogP contribution is -2.19. The Labute approximate surface area is 156 Å². The highest BCUT2D eigenvalue weighted by molar-refractivity contribution is 5.98. The number of aryl methyl sites for hydroxylation is 1. The molecule has 3 heterocycles. The lowest BCUT2D eigenvalue weighted by molar-refractivity contribution is -0.384. The predicted molar refractivity (Wildman–Crippen MR) is 98.8 cm³/mol. The van der Waals surface area contributed by atoms with Crippen molar-refractivity contribution in [1.29, 1.82) is 0 Å². The molecular weight excluding hydrogens is 366 g/mol. The predicted octanol–water partition coefficient (Wildman–Crippen LogP) is 2.04. The van der Waals surface area contributed by atoms with Crippen molar-refractivity contribution in [2.75, 3.05) is 7.11 Å². The molecule has 0 saturated heterocycles. The van der Waals surface area contributed by atoms with Crippen LogP contribution in [0.5, 0.6) is 0 Å². The Balaban J connectivity index is 2.02. The zero-order chi connectivity index (χ0) is 20.0. The number of benzene rings is 1. The molecule has 0 unspecified atom stereocenters. The average Bonchev–Trinajstić information content (AvgIpc) is 3.04. The third-order valence-corrected chi connectivity index (χ3v) is 4.41. The van der Waals surface area contributed by atoms with Crippen LogP contribution in [0, 0.1) is 17.0 Å². The largest absolute Gasteiger partial charge is 0.465 e. The monoisotopic (exact) mass is 379 g/mol. The van der Waals surface area contributed by atoms with Gasteiger partial charge in [-0.2, -0.15) is 5.10 Å². The molecule has 0 radical (unpaired) electrons. The van der Waals surface area contributed by atoms with E-state index in [2.05, 4.69) is 10.1 Å². The molecule has 0 aliphatic rings. The summed E-state index contributed by atoms with van der Waals surface area (Å²) in [5, 5.41) is 15.8. The Morgan fingerprint density at radius 3 is 2.71 bits per heavy atom. The first-order chi connectivity index (χ1) is 13.4. The van der Waals surface area contributed by atoms with E-state index in [-0.39, 0.29) is 28.0 Å². The second-order valence-corrected chi connectivity index (χ2v) is 5.98. The van der Waals surface area contributed by atoms with Crippen molar-refractivity contribution in [3.63, 3.8) is 0 Å². The van der Waals surface area contributed by atoms with Crippen LogP contribution in [-0.4, -0.2) is 37.2 Å². The zero-order valence-electron chi connectivity index (χ0n) is 14.8. The quantitative estimate of drug-likeness (QED) is 0.303. The number of hydrogen-bond acceptors (Lipinski definition) is 7. The van der Waals surface area contributed by atoms with E-state index in [1.807, 2.05) is 0 Å². The van der Waals surface area contributed by atoms with E-state index in [0.717, 1.165) is 0 Å². The fraction of sp³-hybridized carbons (Fsp3) is 0.111. The number of nitro groups is 1. The second-order valence-electron chi connectivity index (χ2n) is 5.98. The fourth-order valence-corrected chi connectivity index (χ4v) is 3.13. The minimum Gasteiger partial charge on any atom is -0.465 e. The molecule has 0 spiro atoms. The standard InChI is InChI=1S/C18H13N5O5/c1-10-15(18(25)28-2)16-19-9-11-12(22(16)20-10)7-8-21(17(11)24)13-5-3-4-6-14(13)23(26)27/h3-9H,1-2H3. The summed E-state index contributed by atoms with van der Waals surface area (Å²) in [5.41, 5.74) is 0.769. The third-order valence-electron chi connectivity index (χ3n) is 4.41. The molecule has 0 aliphatic carbocycles. The number of fused-ring (bicyclic) bond motifs is 3. The lowest BCUT2D eigenvalue weighted by Gasteiger charge is -2.08.